The number of hydrogen-bond acceptors (Lipinski definition) is 3. The van der Waals surface area contributed by atoms with Crippen LogP contribution in [0.4, 0.5) is 0 Å². The monoisotopic (exact) mass is 259 g/mol. The molecule has 0 radical (unpaired) electrons. The van der Waals surface area contributed by atoms with Crippen LogP contribution < -0.4 is 5.43 Å². The van der Waals surface area contributed by atoms with Gasteiger partial charge in [0.15, 0.2) is 5.43 Å². The number of nitrogens with one attached hydrogen (secondary N) is 1. The van der Waals surface area contributed by atoms with E-state index in [4.69, 9.17) is 0 Å². The second kappa shape index (κ2) is 5.53. The molecule has 102 valence electrons. The molecule has 0 bridgehead atoms. The van der Waals surface area contributed by atoms with Crippen molar-refractivity contribution in [2.24, 2.45) is 0 Å². The number of rotatable bonds is 4. The van der Waals surface area contributed by atoms with Gasteiger partial charge in [0.2, 0.25) is 0 Å². The van der Waals surface area contributed by atoms with Crippen LogP contribution in [0.5, 0.6) is 0 Å². The summed E-state index contributed by atoms with van der Waals surface area (Å²) in [4.78, 5) is 22.4. The number of aromatic nitrogens is 2. The second-order valence-corrected chi connectivity index (χ2v) is 4.87. The van der Waals surface area contributed by atoms with Crippen LogP contribution in [-0.2, 0) is 6.54 Å². The minimum atomic E-state index is 0.102. The van der Waals surface area contributed by atoms with Crippen LogP contribution in [0, 0.1) is 13.8 Å². The minimum absolute atomic E-state index is 0.102. The highest BCUT2D eigenvalue weighted by Gasteiger charge is 2.12. The smallest absolute Gasteiger partial charge is 0.195 e. The molecule has 19 heavy (non-hydrogen) atoms. The average Bonchev–Trinajstić information content (AvgIpc) is 2.38. The lowest BCUT2D eigenvalue weighted by Gasteiger charge is -2.19. The normalized spacial score (nSPS) is 11.4. The van der Waals surface area contributed by atoms with E-state index in [2.05, 4.69) is 28.7 Å². The summed E-state index contributed by atoms with van der Waals surface area (Å²) in [7, 11) is 0. The maximum atomic E-state index is 12.5. The SMILES string of the molecule is CCN(CC)Cc1c(C)[nH]c2nc(C)ccc2c1=O. The highest BCUT2D eigenvalue weighted by molar-refractivity contribution is 5.75. The molecule has 2 heterocycles. The zero-order valence-electron chi connectivity index (χ0n) is 12.1. The Morgan fingerprint density at radius 1 is 1.21 bits per heavy atom. The molecular formula is C15H21N3O. The van der Waals surface area contributed by atoms with Gasteiger partial charge in [0.25, 0.3) is 0 Å². The summed E-state index contributed by atoms with van der Waals surface area (Å²) in [6, 6.07) is 3.75. The van der Waals surface area contributed by atoms with E-state index in [9.17, 15) is 4.79 Å². The lowest BCUT2D eigenvalue weighted by atomic mass is 10.1. The molecule has 0 unspecified atom stereocenters. The molecule has 0 spiro atoms. The number of hydrogen-bond donors (Lipinski definition) is 1. The van der Waals surface area contributed by atoms with Crippen molar-refractivity contribution in [1.82, 2.24) is 14.9 Å². The Balaban J connectivity index is 2.56. The van der Waals surface area contributed by atoms with Gasteiger partial charge in [-0.15, -0.1) is 0 Å². The van der Waals surface area contributed by atoms with Gasteiger partial charge in [-0.25, -0.2) is 4.98 Å². The number of aryl methyl sites for hydroxylation is 2. The lowest BCUT2D eigenvalue weighted by molar-refractivity contribution is 0.294. The zero-order valence-corrected chi connectivity index (χ0v) is 12.1. The summed E-state index contributed by atoms with van der Waals surface area (Å²) in [5.74, 6) is 0. The molecule has 0 fully saturated rings. The highest BCUT2D eigenvalue weighted by Crippen LogP contribution is 2.11. The van der Waals surface area contributed by atoms with Gasteiger partial charge in [-0.2, -0.15) is 0 Å². The van der Waals surface area contributed by atoms with Gasteiger partial charge in [-0.3, -0.25) is 9.69 Å². The third-order valence-electron chi connectivity index (χ3n) is 3.59. The molecule has 2 rings (SSSR count). The van der Waals surface area contributed by atoms with E-state index in [1.807, 2.05) is 26.0 Å². The zero-order chi connectivity index (χ0) is 14.0. The summed E-state index contributed by atoms with van der Waals surface area (Å²) in [5, 5.41) is 0.679. The largest absolute Gasteiger partial charge is 0.343 e. The van der Waals surface area contributed by atoms with Gasteiger partial charge in [0.05, 0.1) is 5.39 Å². The third kappa shape index (κ3) is 2.68. The molecule has 0 amide bonds. The first kappa shape index (κ1) is 13.7. The summed E-state index contributed by atoms with van der Waals surface area (Å²) in [5.41, 5.74) is 3.47. The highest BCUT2D eigenvalue weighted by atomic mass is 16.1. The summed E-state index contributed by atoms with van der Waals surface area (Å²) in [6.07, 6.45) is 0. The molecule has 1 N–H and O–H groups in total. The van der Waals surface area contributed by atoms with E-state index in [-0.39, 0.29) is 5.43 Å². The van der Waals surface area contributed by atoms with Crippen molar-refractivity contribution >= 4 is 11.0 Å². The van der Waals surface area contributed by atoms with Crippen LogP contribution >= 0.6 is 0 Å². The fraction of sp³-hybridized carbons (Fsp3) is 0.467. The Hall–Kier alpha value is -1.68. The van der Waals surface area contributed by atoms with E-state index >= 15 is 0 Å². The molecular weight excluding hydrogens is 238 g/mol. The first-order valence-corrected chi connectivity index (χ1v) is 6.78. The average molecular weight is 259 g/mol. The molecule has 2 aromatic rings. The van der Waals surface area contributed by atoms with Crippen LogP contribution in [-0.4, -0.2) is 28.0 Å². The second-order valence-electron chi connectivity index (χ2n) is 4.87. The van der Waals surface area contributed by atoms with Crippen molar-refractivity contribution in [3.8, 4) is 0 Å². The fourth-order valence-corrected chi connectivity index (χ4v) is 2.28. The van der Waals surface area contributed by atoms with Crippen molar-refractivity contribution in [2.75, 3.05) is 13.1 Å². The topological polar surface area (TPSA) is 49.0 Å². The predicted octanol–water partition coefficient (Wildman–Crippen LogP) is 2.38. The number of H-pyrrole nitrogens is 1. The summed E-state index contributed by atoms with van der Waals surface area (Å²) < 4.78 is 0. The van der Waals surface area contributed by atoms with Crippen molar-refractivity contribution < 1.29 is 0 Å². The molecule has 0 aliphatic heterocycles. The Kier molecular flexibility index (Phi) is 4.00. The Morgan fingerprint density at radius 3 is 2.53 bits per heavy atom. The quantitative estimate of drug-likeness (QED) is 0.917. The molecule has 4 nitrogen and oxygen atoms in total. The lowest BCUT2D eigenvalue weighted by Crippen LogP contribution is -2.27. The van der Waals surface area contributed by atoms with Crippen LogP contribution in [0.15, 0.2) is 16.9 Å². The van der Waals surface area contributed by atoms with Crippen molar-refractivity contribution in [1.29, 1.82) is 0 Å². The Bertz CT molecular complexity index is 642. The van der Waals surface area contributed by atoms with E-state index in [1.54, 1.807) is 0 Å². The van der Waals surface area contributed by atoms with Crippen LogP contribution in [0.1, 0.15) is 30.8 Å². The first-order chi connectivity index (χ1) is 9.06. The maximum absolute atomic E-state index is 12.5. The molecule has 0 aliphatic rings. The predicted molar refractivity (Wildman–Crippen MR) is 78.5 cm³/mol. The first-order valence-electron chi connectivity index (χ1n) is 6.78. The third-order valence-corrected chi connectivity index (χ3v) is 3.59. The van der Waals surface area contributed by atoms with E-state index < -0.39 is 0 Å². The van der Waals surface area contributed by atoms with E-state index in [0.29, 0.717) is 17.6 Å². The molecule has 0 aliphatic carbocycles. The van der Waals surface area contributed by atoms with Crippen molar-refractivity contribution in [2.45, 2.75) is 34.2 Å². The molecule has 2 aromatic heterocycles. The molecule has 4 heteroatoms. The van der Waals surface area contributed by atoms with Gasteiger partial charge in [0.1, 0.15) is 5.65 Å². The maximum Gasteiger partial charge on any atom is 0.195 e. The van der Waals surface area contributed by atoms with E-state index in [1.165, 1.54) is 0 Å². The van der Waals surface area contributed by atoms with Crippen molar-refractivity contribution in [3.05, 3.63) is 39.3 Å². The van der Waals surface area contributed by atoms with Gasteiger partial charge < -0.3 is 4.98 Å². The molecule has 0 saturated heterocycles. The Morgan fingerprint density at radius 2 is 1.89 bits per heavy atom. The van der Waals surface area contributed by atoms with Gasteiger partial charge >= 0.3 is 0 Å². The van der Waals surface area contributed by atoms with Crippen LogP contribution in [0.2, 0.25) is 0 Å². The van der Waals surface area contributed by atoms with E-state index in [0.717, 1.165) is 30.0 Å². The Labute approximate surface area is 113 Å². The van der Waals surface area contributed by atoms with Gasteiger partial charge in [-0.1, -0.05) is 13.8 Å². The molecule has 0 saturated carbocycles. The summed E-state index contributed by atoms with van der Waals surface area (Å²) in [6.45, 7) is 10.7. The molecule has 0 aromatic carbocycles. The number of aromatic amines is 1. The number of nitrogens with zero attached hydrogens (tertiary/aromatic N) is 2. The van der Waals surface area contributed by atoms with Crippen molar-refractivity contribution in [3.63, 3.8) is 0 Å². The number of fused-ring (bicyclic) bond motifs is 1. The van der Waals surface area contributed by atoms with Crippen LogP contribution in [0.3, 0.4) is 0 Å². The number of pyridine rings is 2. The minimum Gasteiger partial charge on any atom is -0.343 e. The fourth-order valence-electron chi connectivity index (χ4n) is 2.28. The van der Waals surface area contributed by atoms with Gasteiger partial charge in [-0.05, 0) is 39.1 Å². The van der Waals surface area contributed by atoms with Crippen LogP contribution in [0.25, 0.3) is 11.0 Å². The summed E-state index contributed by atoms with van der Waals surface area (Å²) >= 11 is 0. The van der Waals surface area contributed by atoms with Gasteiger partial charge in [0, 0.05) is 23.5 Å². The molecule has 0 atom stereocenters. The standard InChI is InChI=1S/C15H21N3O/c1-5-18(6-2)9-13-11(4)17-15-12(14(13)19)8-7-10(3)16-15/h7-8H,5-6,9H2,1-4H3,(H,16,17,19).